The van der Waals surface area contributed by atoms with Crippen molar-refractivity contribution in [3.63, 3.8) is 0 Å². The number of hydrogen-bond acceptors (Lipinski definition) is 4. The maximum absolute atomic E-state index is 12.2. The first-order chi connectivity index (χ1) is 8.50. The maximum Gasteiger partial charge on any atom is 0.253 e. The minimum atomic E-state index is -0.479. The van der Waals surface area contributed by atoms with Gasteiger partial charge >= 0.3 is 0 Å². The molecule has 2 rings (SSSR count). The van der Waals surface area contributed by atoms with Crippen molar-refractivity contribution in [1.82, 2.24) is 15.3 Å². The Bertz CT molecular complexity index is 549. The Morgan fingerprint density at radius 2 is 2.11 bits per heavy atom. The van der Waals surface area contributed by atoms with Crippen LogP contribution in [0.25, 0.3) is 0 Å². The molecule has 18 heavy (non-hydrogen) atoms. The third-order valence-electron chi connectivity index (χ3n) is 2.64. The third kappa shape index (κ3) is 2.56. The predicted octanol–water partition coefficient (Wildman–Crippen LogP) is 2.51. The standard InChI is InChI=1S/C13H15N3OS/c1-9-10(5-4-6-14-9)11(17)16-13(2,3)12-15-7-8-18-12/h4-8H,1-3H3,(H,16,17). The average Bonchev–Trinajstić information content (AvgIpc) is 2.82. The molecule has 1 N–H and O–H groups in total. The number of aryl methyl sites for hydroxylation is 1. The Morgan fingerprint density at radius 1 is 1.33 bits per heavy atom. The van der Waals surface area contributed by atoms with Crippen LogP contribution >= 0.6 is 11.3 Å². The fraction of sp³-hybridized carbons (Fsp3) is 0.308. The molecule has 5 heteroatoms. The van der Waals surface area contributed by atoms with E-state index in [1.807, 2.05) is 26.2 Å². The van der Waals surface area contributed by atoms with Crippen LogP contribution in [-0.4, -0.2) is 15.9 Å². The molecule has 0 aliphatic heterocycles. The van der Waals surface area contributed by atoms with Crippen LogP contribution < -0.4 is 5.32 Å². The zero-order chi connectivity index (χ0) is 13.2. The lowest BCUT2D eigenvalue weighted by molar-refractivity contribution is 0.0911. The zero-order valence-corrected chi connectivity index (χ0v) is 11.4. The van der Waals surface area contributed by atoms with Crippen molar-refractivity contribution in [3.8, 4) is 0 Å². The molecule has 0 saturated carbocycles. The molecule has 0 radical (unpaired) electrons. The molecule has 0 spiro atoms. The molecule has 0 saturated heterocycles. The van der Waals surface area contributed by atoms with Crippen LogP contribution in [-0.2, 0) is 5.54 Å². The van der Waals surface area contributed by atoms with Crippen LogP contribution in [0.4, 0.5) is 0 Å². The van der Waals surface area contributed by atoms with Gasteiger partial charge in [-0.3, -0.25) is 9.78 Å². The van der Waals surface area contributed by atoms with Gasteiger partial charge in [-0.2, -0.15) is 0 Å². The second-order valence-corrected chi connectivity index (χ2v) is 5.45. The normalized spacial score (nSPS) is 11.3. The molecule has 0 bridgehead atoms. The number of hydrogen-bond donors (Lipinski definition) is 1. The summed E-state index contributed by atoms with van der Waals surface area (Å²) in [6.07, 6.45) is 3.42. The van der Waals surface area contributed by atoms with Gasteiger partial charge in [0.15, 0.2) is 0 Å². The van der Waals surface area contributed by atoms with E-state index in [2.05, 4.69) is 15.3 Å². The van der Waals surface area contributed by atoms with Crippen molar-refractivity contribution < 1.29 is 4.79 Å². The van der Waals surface area contributed by atoms with Gasteiger partial charge in [0.25, 0.3) is 5.91 Å². The Kier molecular flexibility index (Phi) is 3.43. The number of amides is 1. The van der Waals surface area contributed by atoms with Crippen molar-refractivity contribution >= 4 is 17.2 Å². The average molecular weight is 261 g/mol. The minimum absolute atomic E-state index is 0.124. The number of rotatable bonds is 3. The highest BCUT2D eigenvalue weighted by Gasteiger charge is 2.26. The highest BCUT2D eigenvalue weighted by molar-refractivity contribution is 7.09. The van der Waals surface area contributed by atoms with Gasteiger partial charge in [-0.05, 0) is 32.9 Å². The smallest absolute Gasteiger partial charge is 0.253 e. The van der Waals surface area contributed by atoms with Gasteiger partial charge in [-0.15, -0.1) is 11.3 Å². The Morgan fingerprint density at radius 3 is 2.72 bits per heavy atom. The summed E-state index contributed by atoms with van der Waals surface area (Å²) in [6, 6.07) is 3.54. The van der Waals surface area contributed by atoms with Gasteiger partial charge in [0.05, 0.1) is 11.1 Å². The maximum atomic E-state index is 12.2. The molecule has 1 amide bonds. The van der Waals surface area contributed by atoms with E-state index in [4.69, 9.17) is 0 Å². The lowest BCUT2D eigenvalue weighted by Crippen LogP contribution is -2.41. The first-order valence-corrected chi connectivity index (χ1v) is 6.53. The van der Waals surface area contributed by atoms with Crippen LogP contribution in [0.2, 0.25) is 0 Å². The number of carbonyl (C=O) groups excluding carboxylic acids is 1. The molecule has 4 nitrogen and oxygen atoms in total. The topological polar surface area (TPSA) is 54.9 Å². The molecule has 0 unspecified atom stereocenters. The molecular weight excluding hydrogens is 246 g/mol. The van der Waals surface area contributed by atoms with Gasteiger partial charge in [-0.1, -0.05) is 0 Å². The SMILES string of the molecule is Cc1ncccc1C(=O)NC(C)(C)c1nccs1. The van der Waals surface area contributed by atoms with Crippen LogP contribution in [0.1, 0.15) is 34.9 Å². The van der Waals surface area contributed by atoms with E-state index < -0.39 is 5.54 Å². The Balaban J connectivity index is 2.20. The number of nitrogens with one attached hydrogen (secondary N) is 1. The van der Waals surface area contributed by atoms with Gasteiger partial charge in [0.1, 0.15) is 5.01 Å². The second-order valence-electron chi connectivity index (χ2n) is 4.55. The number of carbonyl (C=O) groups is 1. The molecule has 94 valence electrons. The molecule has 2 aromatic heterocycles. The van der Waals surface area contributed by atoms with Crippen molar-refractivity contribution in [2.75, 3.05) is 0 Å². The molecule has 2 aromatic rings. The van der Waals surface area contributed by atoms with Crippen molar-refractivity contribution in [2.24, 2.45) is 0 Å². The van der Waals surface area contributed by atoms with E-state index in [1.165, 1.54) is 11.3 Å². The number of pyridine rings is 1. The summed E-state index contributed by atoms with van der Waals surface area (Å²) in [5, 5.41) is 5.77. The van der Waals surface area contributed by atoms with Gasteiger partial charge < -0.3 is 5.32 Å². The molecule has 2 heterocycles. The van der Waals surface area contributed by atoms with Crippen molar-refractivity contribution in [1.29, 1.82) is 0 Å². The summed E-state index contributed by atoms with van der Waals surface area (Å²) in [4.78, 5) is 20.6. The fourth-order valence-electron chi connectivity index (χ4n) is 1.66. The van der Waals surface area contributed by atoms with Gasteiger partial charge in [-0.25, -0.2) is 4.98 Å². The quantitative estimate of drug-likeness (QED) is 0.923. The molecule has 0 atom stereocenters. The third-order valence-corrected chi connectivity index (χ3v) is 3.74. The number of aromatic nitrogens is 2. The van der Waals surface area contributed by atoms with Gasteiger partial charge in [0, 0.05) is 23.5 Å². The molecule has 0 aromatic carbocycles. The zero-order valence-electron chi connectivity index (χ0n) is 10.6. The second kappa shape index (κ2) is 4.86. The highest BCUT2D eigenvalue weighted by atomic mass is 32.1. The molecule has 0 aliphatic rings. The monoisotopic (exact) mass is 261 g/mol. The predicted molar refractivity (Wildman–Crippen MR) is 71.6 cm³/mol. The van der Waals surface area contributed by atoms with Crippen LogP contribution in [0, 0.1) is 6.92 Å². The van der Waals surface area contributed by atoms with E-state index in [0.29, 0.717) is 5.56 Å². The summed E-state index contributed by atoms with van der Waals surface area (Å²) in [5.41, 5.74) is 0.847. The van der Waals surface area contributed by atoms with E-state index in [1.54, 1.807) is 24.5 Å². The molecule has 0 aliphatic carbocycles. The summed E-state index contributed by atoms with van der Waals surface area (Å²) in [7, 11) is 0. The highest BCUT2D eigenvalue weighted by Crippen LogP contribution is 2.22. The van der Waals surface area contributed by atoms with Crippen LogP contribution in [0.5, 0.6) is 0 Å². The van der Waals surface area contributed by atoms with Crippen LogP contribution in [0.15, 0.2) is 29.9 Å². The number of thiazole rings is 1. The van der Waals surface area contributed by atoms with Crippen molar-refractivity contribution in [2.45, 2.75) is 26.3 Å². The lowest BCUT2D eigenvalue weighted by atomic mass is 10.1. The van der Waals surface area contributed by atoms with E-state index in [0.717, 1.165) is 10.7 Å². The van der Waals surface area contributed by atoms with Crippen LogP contribution in [0.3, 0.4) is 0 Å². The molecule has 0 fully saturated rings. The Hall–Kier alpha value is -1.75. The summed E-state index contributed by atoms with van der Waals surface area (Å²) < 4.78 is 0. The summed E-state index contributed by atoms with van der Waals surface area (Å²) >= 11 is 1.53. The number of nitrogens with zero attached hydrogens (tertiary/aromatic N) is 2. The Labute approximate surface area is 110 Å². The molecular formula is C13H15N3OS. The lowest BCUT2D eigenvalue weighted by Gasteiger charge is -2.24. The van der Waals surface area contributed by atoms with E-state index in [9.17, 15) is 4.79 Å². The fourth-order valence-corrected chi connectivity index (χ4v) is 2.38. The van der Waals surface area contributed by atoms with E-state index >= 15 is 0 Å². The van der Waals surface area contributed by atoms with Crippen molar-refractivity contribution in [3.05, 3.63) is 46.2 Å². The summed E-state index contributed by atoms with van der Waals surface area (Å²) in [5.74, 6) is -0.124. The van der Waals surface area contributed by atoms with E-state index in [-0.39, 0.29) is 5.91 Å². The van der Waals surface area contributed by atoms with Gasteiger partial charge in [0.2, 0.25) is 0 Å². The summed E-state index contributed by atoms with van der Waals surface area (Å²) in [6.45, 7) is 5.70. The first kappa shape index (κ1) is 12.7. The first-order valence-electron chi connectivity index (χ1n) is 5.65. The minimum Gasteiger partial charge on any atom is -0.341 e. The largest absolute Gasteiger partial charge is 0.341 e.